The van der Waals surface area contributed by atoms with E-state index in [4.69, 9.17) is 9.47 Å². The molecule has 0 aromatic carbocycles. The molecule has 44 heavy (non-hydrogen) atoms. The van der Waals surface area contributed by atoms with Crippen LogP contribution in [0.5, 0.6) is 0 Å². The Morgan fingerprint density at radius 2 is 1.84 bits per heavy atom. The quantitative estimate of drug-likeness (QED) is 0.212. The molecule has 0 saturated carbocycles. The van der Waals surface area contributed by atoms with Crippen molar-refractivity contribution in [2.45, 2.75) is 123 Å². The third-order valence-corrected chi connectivity index (χ3v) is 9.31. The van der Waals surface area contributed by atoms with E-state index in [0.29, 0.717) is 32.1 Å². The number of nitrogens with zero attached hydrogens (tertiary/aromatic N) is 2. The summed E-state index contributed by atoms with van der Waals surface area (Å²) >= 11 is 0. The maximum atomic E-state index is 14.8. The molecule has 10 nitrogen and oxygen atoms in total. The molecule has 3 rings (SSSR count). The van der Waals surface area contributed by atoms with Gasteiger partial charge in [0.2, 0.25) is 17.7 Å². The summed E-state index contributed by atoms with van der Waals surface area (Å²) in [5.74, 6) is -3.33. The Balaban J connectivity index is 1.98. The van der Waals surface area contributed by atoms with Gasteiger partial charge in [-0.05, 0) is 57.8 Å². The minimum atomic E-state index is -1.22. The number of aliphatic hydroxyl groups excluding tert-OH is 1. The van der Waals surface area contributed by atoms with Crippen molar-refractivity contribution in [3.8, 4) is 0 Å². The standard InChI is InChI=1S/C34H55N3O7/c1-11-13-14-25(39)35-18-22(5)43-31(42)26-24-15-16-34(44-24)27(26)29(40)37(23(19-38)21(3)4)28(34)30(41)36(17-12-2)33(9,10)20-32(6,7)8/h11-12,21-24,26-28,38H,1-2,13-20H2,3-10H3,(H,35,39)/t22-,23+,24-,26+,27+,28-,34+/m1/s1. The summed E-state index contributed by atoms with van der Waals surface area (Å²) in [5.41, 5.74) is -1.88. The summed E-state index contributed by atoms with van der Waals surface area (Å²) in [6.07, 6.45) is 4.65. The lowest BCUT2D eigenvalue weighted by Crippen LogP contribution is -2.63. The monoisotopic (exact) mass is 617 g/mol. The number of carbonyl (C=O) groups is 4. The summed E-state index contributed by atoms with van der Waals surface area (Å²) in [4.78, 5) is 58.3. The summed E-state index contributed by atoms with van der Waals surface area (Å²) in [6.45, 7) is 23.5. The average Bonchev–Trinajstić information content (AvgIpc) is 3.55. The largest absolute Gasteiger partial charge is 0.460 e. The van der Waals surface area contributed by atoms with E-state index < -0.39 is 53.2 Å². The number of likely N-dealkylation sites (tertiary alicyclic amines) is 1. The number of hydrogen-bond donors (Lipinski definition) is 2. The highest BCUT2D eigenvalue weighted by atomic mass is 16.6. The van der Waals surface area contributed by atoms with Gasteiger partial charge in [0.25, 0.3) is 0 Å². The smallest absolute Gasteiger partial charge is 0.312 e. The number of hydrogen-bond acceptors (Lipinski definition) is 7. The fourth-order valence-electron chi connectivity index (χ4n) is 7.82. The zero-order valence-electron chi connectivity index (χ0n) is 28.1. The highest BCUT2D eigenvalue weighted by Gasteiger charge is 2.76. The van der Waals surface area contributed by atoms with E-state index in [1.807, 2.05) is 27.7 Å². The van der Waals surface area contributed by atoms with Gasteiger partial charge in [-0.1, -0.05) is 46.8 Å². The summed E-state index contributed by atoms with van der Waals surface area (Å²) < 4.78 is 12.4. The van der Waals surface area contributed by atoms with Crippen LogP contribution in [0.2, 0.25) is 0 Å². The van der Waals surface area contributed by atoms with Crippen LogP contribution in [0.1, 0.15) is 87.5 Å². The predicted molar refractivity (Wildman–Crippen MR) is 168 cm³/mol. The van der Waals surface area contributed by atoms with Crippen LogP contribution in [0, 0.1) is 23.2 Å². The van der Waals surface area contributed by atoms with Crippen molar-refractivity contribution in [3.05, 3.63) is 25.3 Å². The summed E-state index contributed by atoms with van der Waals surface area (Å²) in [5, 5.41) is 13.3. The first kappa shape index (κ1) is 35.8. The molecule has 3 fully saturated rings. The number of esters is 1. The highest BCUT2D eigenvalue weighted by Crippen LogP contribution is 2.59. The van der Waals surface area contributed by atoms with E-state index in [9.17, 15) is 24.3 Å². The first-order valence-corrected chi connectivity index (χ1v) is 16.1. The van der Waals surface area contributed by atoms with Gasteiger partial charge in [-0.2, -0.15) is 0 Å². The van der Waals surface area contributed by atoms with E-state index in [2.05, 4.69) is 39.2 Å². The molecule has 0 unspecified atom stereocenters. The molecule has 0 radical (unpaired) electrons. The number of aliphatic hydroxyl groups is 1. The van der Waals surface area contributed by atoms with E-state index in [1.165, 1.54) is 4.90 Å². The number of fused-ring (bicyclic) bond motifs is 1. The summed E-state index contributed by atoms with van der Waals surface area (Å²) in [7, 11) is 0. The summed E-state index contributed by atoms with van der Waals surface area (Å²) in [6, 6.07) is -1.65. The Hall–Kier alpha value is -2.72. The van der Waals surface area contributed by atoms with Crippen molar-refractivity contribution in [2.24, 2.45) is 23.2 Å². The second-order valence-corrected chi connectivity index (χ2v) is 15.0. The highest BCUT2D eigenvalue weighted by molar-refractivity contribution is 5.98. The Morgan fingerprint density at radius 3 is 2.39 bits per heavy atom. The van der Waals surface area contributed by atoms with E-state index in [-0.39, 0.29) is 48.8 Å². The number of nitrogens with one attached hydrogen (secondary N) is 1. The van der Waals surface area contributed by atoms with E-state index in [1.54, 1.807) is 24.0 Å². The minimum Gasteiger partial charge on any atom is -0.460 e. The third kappa shape index (κ3) is 7.06. The third-order valence-electron chi connectivity index (χ3n) is 9.31. The van der Waals surface area contributed by atoms with Gasteiger partial charge in [0.1, 0.15) is 17.7 Å². The second kappa shape index (κ2) is 13.7. The van der Waals surface area contributed by atoms with Crippen molar-refractivity contribution in [1.29, 1.82) is 0 Å². The van der Waals surface area contributed by atoms with Crippen LogP contribution in [0.4, 0.5) is 0 Å². The van der Waals surface area contributed by atoms with Gasteiger partial charge in [0.05, 0.1) is 37.1 Å². The number of rotatable bonds is 15. The maximum Gasteiger partial charge on any atom is 0.312 e. The van der Waals surface area contributed by atoms with Crippen LogP contribution in [-0.4, -0.2) is 93.7 Å². The molecule has 3 aliphatic heterocycles. The maximum absolute atomic E-state index is 14.8. The molecule has 3 aliphatic rings. The normalized spacial score (nSPS) is 27.6. The Bertz CT molecular complexity index is 1110. The molecule has 248 valence electrons. The first-order valence-electron chi connectivity index (χ1n) is 16.1. The van der Waals surface area contributed by atoms with Crippen molar-refractivity contribution in [1.82, 2.24) is 15.1 Å². The van der Waals surface area contributed by atoms with Crippen LogP contribution in [0.15, 0.2) is 25.3 Å². The van der Waals surface area contributed by atoms with E-state index in [0.717, 1.165) is 0 Å². The SMILES string of the molecule is C=CCCC(=O)NC[C@@H](C)OC(=O)[C@@H]1[C@H]2C(=O)N([C@@H](CO)C(C)C)[C@H](C(=O)N(CC=C)C(C)(C)CC(C)(C)C)[C@]23CC[C@H]1O3. The zero-order chi connectivity index (χ0) is 33.2. The lowest BCUT2D eigenvalue weighted by molar-refractivity contribution is -0.161. The molecular formula is C34H55N3O7. The number of carbonyl (C=O) groups excluding carboxylic acids is 4. The molecule has 0 aromatic heterocycles. The lowest BCUT2D eigenvalue weighted by Gasteiger charge is -2.46. The number of amides is 3. The molecule has 2 N–H and O–H groups in total. The van der Waals surface area contributed by atoms with Crippen LogP contribution < -0.4 is 5.32 Å². The Labute approximate surface area is 263 Å². The van der Waals surface area contributed by atoms with Gasteiger partial charge in [0.15, 0.2) is 0 Å². The molecule has 7 atom stereocenters. The van der Waals surface area contributed by atoms with Gasteiger partial charge in [-0.25, -0.2) is 0 Å². The molecule has 0 aliphatic carbocycles. The van der Waals surface area contributed by atoms with Crippen molar-refractivity contribution in [3.63, 3.8) is 0 Å². The lowest BCUT2D eigenvalue weighted by atomic mass is 9.70. The molecule has 1 spiro atoms. The molecule has 0 aromatic rings. The van der Waals surface area contributed by atoms with Gasteiger partial charge in [-0.15, -0.1) is 13.2 Å². The van der Waals surface area contributed by atoms with Crippen LogP contribution in [0.3, 0.4) is 0 Å². The molecule has 3 saturated heterocycles. The van der Waals surface area contributed by atoms with Crippen LogP contribution in [0.25, 0.3) is 0 Å². The fraction of sp³-hybridized carbons (Fsp3) is 0.765. The second-order valence-electron chi connectivity index (χ2n) is 15.0. The molecule has 2 bridgehead atoms. The van der Waals surface area contributed by atoms with Gasteiger partial charge in [-0.3, -0.25) is 19.2 Å². The van der Waals surface area contributed by atoms with Crippen LogP contribution in [-0.2, 0) is 28.7 Å². The van der Waals surface area contributed by atoms with Gasteiger partial charge in [0, 0.05) is 18.5 Å². The van der Waals surface area contributed by atoms with Crippen molar-refractivity contribution < 1.29 is 33.8 Å². The van der Waals surface area contributed by atoms with Gasteiger partial charge >= 0.3 is 5.97 Å². The topological polar surface area (TPSA) is 125 Å². The fourth-order valence-corrected chi connectivity index (χ4v) is 7.82. The van der Waals surface area contributed by atoms with Crippen LogP contribution >= 0.6 is 0 Å². The number of ether oxygens (including phenoxy) is 2. The first-order chi connectivity index (χ1) is 20.5. The Morgan fingerprint density at radius 1 is 1.18 bits per heavy atom. The molecular weight excluding hydrogens is 562 g/mol. The predicted octanol–water partition coefficient (Wildman–Crippen LogP) is 3.62. The average molecular weight is 618 g/mol. The number of allylic oxidation sites excluding steroid dienone is 1. The zero-order valence-corrected chi connectivity index (χ0v) is 28.1. The van der Waals surface area contributed by atoms with Gasteiger partial charge < -0.3 is 29.7 Å². The molecule has 3 amide bonds. The molecule has 10 heteroatoms. The molecule has 3 heterocycles. The van der Waals surface area contributed by atoms with Crippen molar-refractivity contribution in [2.75, 3.05) is 19.7 Å². The van der Waals surface area contributed by atoms with Crippen molar-refractivity contribution >= 4 is 23.7 Å². The van der Waals surface area contributed by atoms with E-state index >= 15 is 0 Å². The Kier molecular flexibility index (Phi) is 11.2. The minimum absolute atomic E-state index is 0.0836.